The Morgan fingerprint density at radius 3 is 2.38 bits per heavy atom. The van der Waals surface area contributed by atoms with E-state index in [9.17, 15) is 18.8 Å². The van der Waals surface area contributed by atoms with Crippen LogP contribution in [0.3, 0.4) is 0 Å². The summed E-state index contributed by atoms with van der Waals surface area (Å²) in [5.41, 5.74) is 1.09. The van der Waals surface area contributed by atoms with E-state index in [4.69, 9.17) is 0 Å². The molecule has 2 heterocycles. The van der Waals surface area contributed by atoms with Gasteiger partial charge in [-0.1, -0.05) is 42.5 Å². The van der Waals surface area contributed by atoms with Crippen molar-refractivity contribution in [1.29, 1.82) is 0 Å². The third-order valence-electron chi connectivity index (χ3n) is 6.52. The first-order valence-electron chi connectivity index (χ1n) is 11.1. The lowest BCUT2D eigenvalue weighted by atomic mass is 10.0. The Bertz CT molecular complexity index is 989. The van der Waals surface area contributed by atoms with Crippen LogP contribution in [0.2, 0.25) is 0 Å². The van der Waals surface area contributed by atoms with E-state index in [-0.39, 0.29) is 41.8 Å². The summed E-state index contributed by atoms with van der Waals surface area (Å²) in [6.45, 7) is 3.45. The first-order valence-corrected chi connectivity index (χ1v) is 11.1. The molecule has 0 radical (unpaired) electrons. The summed E-state index contributed by atoms with van der Waals surface area (Å²) >= 11 is 0. The van der Waals surface area contributed by atoms with E-state index < -0.39 is 11.7 Å². The van der Waals surface area contributed by atoms with Gasteiger partial charge in [0.1, 0.15) is 5.82 Å². The van der Waals surface area contributed by atoms with Gasteiger partial charge in [0.25, 0.3) is 5.91 Å². The Morgan fingerprint density at radius 2 is 1.69 bits per heavy atom. The fraction of sp³-hybridized carbons (Fsp3) is 0.400. The normalized spacial score (nSPS) is 20.3. The number of nitrogens with zero attached hydrogens (tertiary/aromatic N) is 2. The van der Waals surface area contributed by atoms with E-state index in [0.717, 1.165) is 5.56 Å². The Labute approximate surface area is 187 Å². The molecule has 32 heavy (non-hydrogen) atoms. The maximum atomic E-state index is 13.8. The van der Waals surface area contributed by atoms with Gasteiger partial charge in [-0.25, -0.2) is 4.39 Å². The molecule has 0 aromatic heterocycles. The molecule has 2 aromatic carbocycles. The van der Waals surface area contributed by atoms with Crippen LogP contribution < -0.4 is 5.32 Å². The van der Waals surface area contributed by atoms with Gasteiger partial charge in [0, 0.05) is 32.1 Å². The topological polar surface area (TPSA) is 69.7 Å². The minimum absolute atomic E-state index is 0.00000738. The number of amides is 3. The molecule has 168 valence electrons. The molecule has 2 aliphatic rings. The van der Waals surface area contributed by atoms with Crippen molar-refractivity contribution in [2.45, 2.75) is 38.3 Å². The lowest BCUT2D eigenvalue weighted by Crippen LogP contribution is -2.48. The van der Waals surface area contributed by atoms with Crippen molar-refractivity contribution in [3.63, 3.8) is 0 Å². The van der Waals surface area contributed by atoms with E-state index in [1.807, 2.05) is 37.3 Å². The van der Waals surface area contributed by atoms with Gasteiger partial charge < -0.3 is 15.1 Å². The number of benzene rings is 2. The number of piperidine rings is 1. The maximum absolute atomic E-state index is 13.8. The van der Waals surface area contributed by atoms with E-state index in [1.165, 1.54) is 12.1 Å². The molecule has 2 fully saturated rings. The van der Waals surface area contributed by atoms with Gasteiger partial charge in [-0.2, -0.15) is 0 Å². The van der Waals surface area contributed by atoms with Crippen molar-refractivity contribution >= 4 is 17.7 Å². The van der Waals surface area contributed by atoms with Crippen molar-refractivity contribution in [1.82, 2.24) is 15.1 Å². The van der Waals surface area contributed by atoms with Crippen LogP contribution in [-0.4, -0.2) is 53.2 Å². The molecule has 2 aromatic rings. The number of halogens is 1. The highest BCUT2D eigenvalue weighted by Crippen LogP contribution is 2.30. The zero-order valence-corrected chi connectivity index (χ0v) is 18.2. The maximum Gasteiger partial charge on any atom is 0.254 e. The molecule has 0 saturated carbocycles. The van der Waals surface area contributed by atoms with E-state index >= 15 is 0 Å². The van der Waals surface area contributed by atoms with Gasteiger partial charge in [0.05, 0.1) is 17.5 Å². The monoisotopic (exact) mass is 437 g/mol. The van der Waals surface area contributed by atoms with Gasteiger partial charge in [0.2, 0.25) is 11.8 Å². The number of carbonyl (C=O) groups is 3. The number of rotatable bonds is 5. The Morgan fingerprint density at radius 1 is 1.03 bits per heavy atom. The van der Waals surface area contributed by atoms with Crippen molar-refractivity contribution in [2.24, 2.45) is 5.92 Å². The summed E-state index contributed by atoms with van der Waals surface area (Å²) in [5, 5.41) is 2.87. The highest BCUT2D eigenvalue weighted by Gasteiger charge is 2.39. The summed E-state index contributed by atoms with van der Waals surface area (Å²) in [4.78, 5) is 41.6. The molecule has 2 unspecified atom stereocenters. The lowest BCUT2D eigenvalue weighted by Gasteiger charge is -2.34. The number of likely N-dealkylation sites (tertiary alicyclic amines) is 2. The lowest BCUT2D eigenvalue weighted by molar-refractivity contribution is -0.136. The summed E-state index contributed by atoms with van der Waals surface area (Å²) in [5.74, 6) is -1.30. The van der Waals surface area contributed by atoms with Gasteiger partial charge in [-0.15, -0.1) is 0 Å². The average Bonchev–Trinajstić information content (AvgIpc) is 3.21. The summed E-state index contributed by atoms with van der Waals surface area (Å²) in [6.07, 6.45) is 1.45. The van der Waals surface area contributed by atoms with Crippen LogP contribution in [-0.2, 0) is 9.59 Å². The van der Waals surface area contributed by atoms with Gasteiger partial charge in [-0.3, -0.25) is 14.4 Å². The molecule has 2 saturated heterocycles. The molecule has 6 nitrogen and oxygen atoms in total. The molecule has 2 aliphatic heterocycles. The minimum Gasteiger partial charge on any atom is -0.349 e. The van der Waals surface area contributed by atoms with Crippen LogP contribution in [0.5, 0.6) is 0 Å². The summed E-state index contributed by atoms with van der Waals surface area (Å²) < 4.78 is 13.8. The standard InChI is InChI=1S/C25H28FN3O3/c1-17(18-7-3-2-4-8-18)29-16-19(15-23(29)30)25(32)28-13-11-20(12-14-28)27-24(31)21-9-5-6-10-22(21)26/h2-10,17,19-20H,11-16H2,1H3,(H,27,31). The van der Waals surface area contributed by atoms with Crippen molar-refractivity contribution in [2.75, 3.05) is 19.6 Å². The van der Waals surface area contributed by atoms with Crippen LogP contribution in [0.15, 0.2) is 54.6 Å². The molecule has 3 amide bonds. The first kappa shape index (κ1) is 22.0. The average molecular weight is 438 g/mol. The van der Waals surface area contributed by atoms with Gasteiger partial charge >= 0.3 is 0 Å². The Balaban J connectivity index is 1.29. The van der Waals surface area contributed by atoms with Crippen molar-refractivity contribution in [3.05, 3.63) is 71.5 Å². The number of nitrogens with one attached hydrogen (secondary N) is 1. The van der Waals surface area contributed by atoms with E-state index in [1.54, 1.807) is 21.9 Å². The molecule has 2 atom stereocenters. The Kier molecular flexibility index (Phi) is 6.53. The molecule has 0 spiro atoms. The van der Waals surface area contributed by atoms with Crippen molar-refractivity contribution in [3.8, 4) is 0 Å². The predicted molar refractivity (Wildman–Crippen MR) is 118 cm³/mol. The number of hydrogen-bond donors (Lipinski definition) is 1. The fourth-order valence-corrected chi connectivity index (χ4v) is 4.59. The number of carbonyl (C=O) groups excluding carboxylic acids is 3. The quantitative estimate of drug-likeness (QED) is 0.781. The summed E-state index contributed by atoms with van der Waals surface area (Å²) in [6, 6.07) is 15.6. The zero-order chi connectivity index (χ0) is 22.7. The zero-order valence-electron chi connectivity index (χ0n) is 18.2. The second-order valence-electron chi connectivity index (χ2n) is 8.59. The largest absolute Gasteiger partial charge is 0.349 e. The Hall–Kier alpha value is -3.22. The molecule has 7 heteroatoms. The summed E-state index contributed by atoms with van der Waals surface area (Å²) in [7, 11) is 0. The SMILES string of the molecule is CC(c1ccccc1)N1CC(C(=O)N2CCC(NC(=O)c3ccccc3F)CC2)CC1=O. The van der Waals surface area contributed by atoms with Crippen LogP contribution in [0.4, 0.5) is 4.39 Å². The molecule has 0 aliphatic carbocycles. The van der Waals surface area contributed by atoms with E-state index in [0.29, 0.717) is 32.5 Å². The third-order valence-corrected chi connectivity index (χ3v) is 6.52. The van der Waals surface area contributed by atoms with E-state index in [2.05, 4.69) is 5.32 Å². The third kappa shape index (κ3) is 4.66. The molecular weight excluding hydrogens is 409 g/mol. The van der Waals surface area contributed by atoms with Crippen LogP contribution >= 0.6 is 0 Å². The molecule has 0 bridgehead atoms. The smallest absolute Gasteiger partial charge is 0.254 e. The fourth-order valence-electron chi connectivity index (χ4n) is 4.59. The molecular formula is C25H28FN3O3. The second kappa shape index (κ2) is 9.51. The second-order valence-corrected chi connectivity index (χ2v) is 8.59. The van der Waals surface area contributed by atoms with Crippen molar-refractivity contribution < 1.29 is 18.8 Å². The highest BCUT2D eigenvalue weighted by atomic mass is 19.1. The predicted octanol–water partition coefficient (Wildman–Crippen LogP) is 3.16. The highest BCUT2D eigenvalue weighted by molar-refractivity contribution is 5.94. The van der Waals surface area contributed by atoms with Gasteiger partial charge in [0.15, 0.2) is 0 Å². The van der Waals surface area contributed by atoms with Crippen LogP contribution in [0, 0.1) is 11.7 Å². The molecule has 4 rings (SSSR count). The minimum atomic E-state index is -0.544. The first-order chi connectivity index (χ1) is 15.4. The number of hydrogen-bond acceptors (Lipinski definition) is 3. The van der Waals surface area contributed by atoms with Crippen LogP contribution in [0.25, 0.3) is 0 Å². The van der Waals surface area contributed by atoms with Crippen LogP contribution in [0.1, 0.15) is 48.1 Å². The molecule has 1 N–H and O–H groups in total. The van der Waals surface area contributed by atoms with Gasteiger partial charge in [-0.05, 0) is 37.5 Å².